The zero-order valence-corrected chi connectivity index (χ0v) is 13.2. The van der Waals surface area contributed by atoms with E-state index in [-0.39, 0.29) is 11.9 Å². The van der Waals surface area contributed by atoms with Crippen LogP contribution in [0.25, 0.3) is 0 Å². The predicted octanol–water partition coefficient (Wildman–Crippen LogP) is 2.03. The molecule has 0 heterocycles. The standard InChI is InChI=1S/C15H33N3O/c1-12(2)8-7-11-18-15(19)14(16)9-5-6-10-17-13(3)4/h12-14,17H,5-11,16H2,1-4H3,(H,18,19)/t14-/m0/s1. The fourth-order valence-electron chi connectivity index (χ4n) is 1.86. The first kappa shape index (κ1) is 18.4. The molecule has 0 aromatic carbocycles. The lowest BCUT2D eigenvalue weighted by atomic mass is 10.1. The van der Waals surface area contributed by atoms with Crippen molar-refractivity contribution in [2.24, 2.45) is 11.7 Å². The average molecular weight is 271 g/mol. The summed E-state index contributed by atoms with van der Waals surface area (Å²) in [5.74, 6) is 0.694. The molecular formula is C15H33N3O. The molecule has 0 aliphatic carbocycles. The SMILES string of the molecule is CC(C)CCCNC(=O)[C@@H](N)CCCCNC(C)C. The second kappa shape index (κ2) is 11.2. The second-order valence-electron chi connectivity index (χ2n) is 6.04. The van der Waals surface area contributed by atoms with Crippen molar-refractivity contribution >= 4 is 5.91 Å². The molecule has 0 aromatic heterocycles. The zero-order chi connectivity index (χ0) is 14.7. The Morgan fingerprint density at radius 2 is 1.68 bits per heavy atom. The van der Waals surface area contributed by atoms with Gasteiger partial charge in [0.05, 0.1) is 6.04 Å². The number of carbonyl (C=O) groups is 1. The molecule has 0 bridgehead atoms. The monoisotopic (exact) mass is 271 g/mol. The third-order valence-corrected chi connectivity index (χ3v) is 3.09. The van der Waals surface area contributed by atoms with Gasteiger partial charge in [0.1, 0.15) is 0 Å². The summed E-state index contributed by atoms with van der Waals surface area (Å²) in [5, 5.41) is 6.28. The summed E-state index contributed by atoms with van der Waals surface area (Å²) in [4.78, 5) is 11.7. The Bertz CT molecular complexity index is 229. The molecule has 0 aliphatic rings. The van der Waals surface area contributed by atoms with Crippen LogP contribution in [0.1, 0.15) is 59.8 Å². The summed E-state index contributed by atoms with van der Waals surface area (Å²) in [7, 11) is 0. The number of rotatable bonds is 11. The molecule has 0 saturated heterocycles. The van der Waals surface area contributed by atoms with E-state index in [4.69, 9.17) is 5.73 Å². The smallest absolute Gasteiger partial charge is 0.236 e. The van der Waals surface area contributed by atoms with Crippen LogP contribution >= 0.6 is 0 Å². The van der Waals surface area contributed by atoms with E-state index in [1.54, 1.807) is 0 Å². The van der Waals surface area contributed by atoms with Gasteiger partial charge >= 0.3 is 0 Å². The normalized spacial score (nSPS) is 13.0. The van der Waals surface area contributed by atoms with Gasteiger partial charge in [-0.1, -0.05) is 34.1 Å². The van der Waals surface area contributed by atoms with Gasteiger partial charge in [-0.15, -0.1) is 0 Å². The number of unbranched alkanes of at least 4 members (excludes halogenated alkanes) is 1. The van der Waals surface area contributed by atoms with E-state index in [1.165, 1.54) is 0 Å². The summed E-state index contributed by atoms with van der Waals surface area (Å²) in [6, 6.07) is 0.177. The Morgan fingerprint density at radius 3 is 2.26 bits per heavy atom. The third-order valence-electron chi connectivity index (χ3n) is 3.09. The topological polar surface area (TPSA) is 67.2 Å². The summed E-state index contributed by atoms with van der Waals surface area (Å²) in [5.41, 5.74) is 5.87. The fourth-order valence-corrected chi connectivity index (χ4v) is 1.86. The Kier molecular flexibility index (Phi) is 10.9. The van der Waals surface area contributed by atoms with Gasteiger partial charge in [-0.25, -0.2) is 0 Å². The Hall–Kier alpha value is -0.610. The molecule has 1 atom stereocenters. The highest BCUT2D eigenvalue weighted by Crippen LogP contribution is 2.02. The van der Waals surface area contributed by atoms with Gasteiger partial charge in [0, 0.05) is 12.6 Å². The number of amides is 1. The maximum Gasteiger partial charge on any atom is 0.236 e. The highest BCUT2D eigenvalue weighted by Gasteiger charge is 2.11. The molecule has 4 N–H and O–H groups in total. The maximum atomic E-state index is 11.7. The van der Waals surface area contributed by atoms with Crippen LogP contribution in [0.2, 0.25) is 0 Å². The minimum atomic E-state index is -0.349. The van der Waals surface area contributed by atoms with Gasteiger partial charge in [0.25, 0.3) is 0 Å². The highest BCUT2D eigenvalue weighted by molar-refractivity contribution is 5.81. The van der Waals surface area contributed by atoms with E-state index >= 15 is 0 Å². The van der Waals surface area contributed by atoms with Crippen molar-refractivity contribution in [3.63, 3.8) is 0 Å². The third kappa shape index (κ3) is 12.2. The van der Waals surface area contributed by atoms with Crippen molar-refractivity contribution in [3.8, 4) is 0 Å². The van der Waals surface area contributed by atoms with Crippen LogP contribution in [0.4, 0.5) is 0 Å². The summed E-state index contributed by atoms with van der Waals surface area (Å²) in [6.07, 6.45) is 5.04. The minimum Gasteiger partial charge on any atom is -0.355 e. The first-order valence-electron chi connectivity index (χ1n) is 7.70. The van der Waals surface area contributed by atoms with Gasteiger partial charge in [-0.3, -0.25) is 4.79 Å². The van der Waals surface area contributed by atoms with Crippen molar-refractivity contribution in [2.45, 2.75) is 71.9 Å². The van der Waals surface area contributed by atoms with Crippen molar-refractivity contribution in [2.75, 3.05) is 13.1 Å². The lowest BCUT2D eigenvalue weighted by Gasteiger charge is -2.13. The van der Waals surface area contributed by atoms with E-state index in [0.717, 1.165) is 45.2 Å². The quantitative estimate of drug-likeness (QED) is 0.504. The van der Waals surface area contributed by atoms with Crippen LogP contribution in [-0.4, -0.2) is 31.1 Å². The van der Waals surface area contributed by atoms with Crippen LogP contribution in [0.15, 0.2) is 0 Å². The zero-order valence-electron chi connectivity index (χ0n) is 13.2. The van der Waals surface area contributed by atoms with Crippen molar-refractivity contribution in [1.82, 2.24) is 10.6 Å². The fraction of sp³-hybridized carbons (Fsp3) is 0.933. The number of nitrogens with two attached hydrogens (primary N) is 1. The van der Waals surface area contributed by atoms with E-state index in [2.05, 4.69) is 38.3 Å². The molecule has 0 unspecified atom stereocenters. The van der Waals surface area contributed by atoms with E-state index in [0.29, 0.717) is 12.0 Å². The minimum absolute atomic E-state index is 0.000532. The molecule has 0 spiro atoms. The maximum absolute atomic E-state index is 11.7. The summed E-state index contributed by atoms with van der Waals surface area (Å²) >= 11 is 0. The molecule has 1 amide bonds. The lowest BCUT2D eigenvalue weighted by Crippen LogP contribution is -2.41. The van der Waals surface area contributed by atoms with Crippen LogP contribution in [0, 0.1) is 5.92 Å². The summed E-state index contributed by atoms with van der Waals surface area (Å²) < 4.78 is 0. The molecule has 19 heavy (non-hydrogen) atoms. The van der Waals surface area contributed by atoms with Gasteiger partial charge < -0.3 is 16.4 Å². The molecular weight excluding hydrogens is 238 g/mol. The molecule has 0 aromatic rings. The highest BCUT2D eigenvalue weighted by atomic mass is 16.2. The Labute approximate surface area is 118 Å². The van der Waals surface area contributed by atoms with Crippen LogP contribution in [-0.2, 0) is 4.79 Å². The Balaban J connectivity index is 3.48. The predicted molar refractivity (Wildman–Crippen MR) is 82.0 cm³/mol. The number of hydrogen-bond acceptors (Lipinski definition) is 3. The number of nitrogens with one attached hydrogen (secondary N) is 2. The van der Waals surface area contributed by atoms with E-state index < -0.39 is 0 Å². The van der Waals surface area contributed by atoms with Crippen LogP contribution in [0.5, 0.6) is 0 Å². The lowest BCUT2D eigenvalue weighted by molar-refractivity contribution is -0.122. The van der Waals surface area contributed by atoms with Crippen LogP contribution < -0.4 is 16.4 Å². The van der Waals surface area contributed by atoms with Gasteiger partial charge in [0.15, 0.2) is 0 Å². The van der Waals surface area contributed by atoms with E-state index in [9.17, 15) is 4.79 Å². The largest absolute Gasteiger partial charge is 0.355 e. The molecule has 4 nitrogen and oxygen atoms in total. The first-order chi connectivity index (χ1) is 8.93. The van der Waals surface area contributed by atoms with Gasteiger partial charge in [0.2, 0.25) is 5.91 Å². The Morgan fingerprint density at radius 1 is 1.00 bits per heavy atom. The molecule has 0 saturated carbocycles. The first-order valence-corrected chi connectivity index (χ1v) is 7.70. The van der Waals surface area contributed by atoms with Crippen molar-refractivity contribution in [3.05, 3.63) is 0 Å². The molecule has 0 rings (SSSR count). The van der Waals surface area contributed by atoms with E-state index in [1.807, 2.05) is 0 Å². The van der Waals surface area contributed by atoms with Crippen molar-refractivity contribution in [1.29, 1.82) is 0 Å². The second-order valence-corrected chi connectivity index (χ2v) is 6.04. The van der Waals surface area contributed by atoms with Crippen LogP contribution in [0.3, 0.4) is 0 Å². The number of hydrogen-bond donors (Lipinski definition) is 3. The molecule has 114 valence electrons. The number of carbonyl (C=O) groups excluding carboxylic acids is 1. The summed E-state index contributed by atoms with van der Waals surface area (Å²) in [6.45, 7) is 10.4. The average Bonchev–Trinajstić information content (AvgIpc) is 2.33. The van der Waals surface area contributed by atoms with Gasteiger partial charge in [-0.2, -0.15) is 0 Å². The molecule has 4 heteroatoms. The molecule has 0 aliphatic heterocycles. The molecule has 0 fully saturated rings. The van der Waals surface area contributed by atoms with Crippen molar-refractivity contribution < 1.29 is 4.79 Å². The molecule has 0 radical (unpaired) electrons. The van der Waals surface area contributed by atoms with Gasteiger partial charge in [-0.05, 0) is 38.1 Å².